The molecule has 0 radical (unpaired) electrons. The number of benzene rings is 2. The van der Waals surface area contributed by atoms with Crippen molar-refractivity contribution in [3.05, 3.63) is 66.4 Å². The first-order chi connectivity index (χ1) is 11.4. The van der Waals surface area contributed by atoms with E-state index in [0.29, 0.717) is 11.6 Å². The highest BCUT2D eigenvalue weighted by Gasteiger charge is 2.06. The fourth-order valence-corrected chi connectivity index (χ4v) is 2.25. The Morgan fingerprint density at radius 2 is 2.00 bits per heavy atom. The molecule has 112 valence electrons. The molecule has 0 unspecified atom stereocenters. The molecule has 0 saturated heterocycles. The number of fused-ring (bicyclic) bond motifs is 1. The number of aromatic nitrogens is 1. The molecular weight excluding hydrogens is 286 g/mol. The van der Waals surface area contributed by atoms with Gasteiger partial charge in [0.25, 0.3) is 0 Å². The zero-order valence-electron chi connectivity index (χ0n) is 12.4. The summed E-state index contributed by atoms with van der Waals surface area (Å²) in [7, 11) is 0. The van der Waals surface area contributed by atoms with Gasteiger partial charge in [0.2, 0.25) is 0 Å². The molecule has 0 aliphatic carbocycles. The lowest BCUT2D eigenvalue weighted by Gasteiger charge is -2.09. The van der Waals surface area contributed by atoms with Crippen LogP contribution in [0.5, 0.6) is 5.75 Å². The second kappa shape index (κ2) is 7.10. The lowest BCUT2D eigenvalue weighted by molar-refractivity contribution is 0.370. The number of rotatable bonds is 5. The normalized spacial score (nSPS) is 10.6. The van der Waals surface area contributed by atoms with Crippen molar-refractivity contribution < 1.29 is 4.74 Å². The Kier molecular flexibility index (Phi) is 4.51. The van der Waals surface area contributed by atoms with E-state index in [1.165, 1.54) is 0 Å². The second-order valence-corrected chi connectivity index (χ2v) is 4.78. The molecule has 0 amide bonds. The lowest BCUT2D eigenvalue weighted by Crippen LogP contribution is -2.00. The molecule has 0 aliphatic rings. The van der Waals surface area contributed by atoms with E-state index in [-0.39, 0.29) is 6.61 Å². The first-order valence-electron chi connectivity index (χ1n) is 7.16. The summed E-state index contributed by atoms with van der Waals surface area (Å²) in [6.45, 7) is 0.215. The number of pyridine rings is 1. The number of hydrogen-bond acceptors (Lipinski definition) is 4. The van der Waals surface area contributed by atoms with E-state index in [4.69, 9.17) is 11.2 Å². The van der Waals surface area contributed by atoms with Gasteiger partial charge < -0.3 is 4.74 Å². The Hall–Kier alpha value is -3.32. The molecular formula is C19H15N3O. The average Bonchev–Trinajstić information content (AvgIpc) is 2.61. The molecule has 1 aromatic heterocycles. The lowest BCUT2D eigenvalue weighted by atomic mass is 10.0. The van der Waals surface area contributed by atoms with E-state index in [2.05, 4.69) is 21.4 Å². The SMILES string of the molecule is C#CCOc1ccc2ccccc2c1/C=N\Nc1ccccn1. The van der Waals surface area contributed by atoms with Crippen molar-refractivity contribution in [2.24, 2.45) is 5.10 Å². The molecule has 0 fully saturated rings. The average molecular weight is 301 g/mol. The van der Waals surface area contributed by atoms with Crippen molar-refractivity contribution >= 4 is 22.8 Å². The molecule has 0 bridgehead atoms. The minimum Gasteiger partial charge on any atom is -0.480 e. The maximum Gasteiger partial charge on any atom is 0.148 e. The van der Waals surface area contributed by atoms with E-state index in [0.717, 1.165) is 16.3 Å². The van der Waals surface area contributed by atoms with Crippen molar-refractivity contribution in [1.82, 2.24) is 4.98 Å². The molecule has 23 heavy (non-hydrogen) atoms. The Labute approximate surface area is 134 Å². The number of nitrogens with zero attached hydrogens (tertiary/aromatic N) is 2. The van der Waals surface area contributed by atoms with Crippen LogP contribution in [0.1, 0.15) is 5.56 Å². The molecule has 3 aromatic rings. The van der Waals surface area contributed by atoms with Crippen molar-refractivity contribution in [1.29, 1.82) is 0 Å². The summed E-state index contributed by atoms with van der Waals surface area (Å²) >= 11 is 0. The van der Waals surface area contributed by atoms with Gasteiger partial charge >= 0.3 is 0 Å². The molecule has 4 heteroatoms. The van der Waals surface area contributed by atoms with Gasteiger partial charge in [-0.2, -0.15) is 5.10 Å². The van der Waals surface area contributed by atoms with Crippen molar-refractivity contribution in [3.8, 4) is 18.1 Å². The Morgan fingerprint density at radius 1 is 1.13 bits per heavy atom. The number of anilines is 1. The number of nitrogens with one attached hydrogen (secondary N) is 1. The monoisotopic (exact) mass is 301 g/mol. The van der Waals surface area contributed by atoms with Crippen LogP contribution < -0.4 is 10.2 Å². The molecule has 3 rings (SSSR count). The Morgan fingerprint density at radius 3 is 2.83 bits per heavy atom. The van der Waals surface area contributed by atoms with E-state index >= 15 is 0 Å². The van der Waals surface area contributed by atoms with Gasteiger partial charge in [0.05, 0.1) is 6.21 Å². The third-order valence-corrected chi connectivity index (χ3v) is 3.28. The highest BCUT2D eigenvalue weighted by atomic mass is 16.5. The first-order valence-corrected chi connectivity index (χ1v) is 7.16. The van der Waals surface area contributed by atoms with Crippen LogP contribution >= 0.6 is 0 Å². The quantitative estimate of drug-likeness (QED) is 0.444. The van der Waals surface area contributed by atoms with Gasteiger partial charge in [-0.3, -0.25) is 5.43 Å². The summed E-state index contributed by atoms with van der Waals surface area (Å²) in [6.07, 6.45) is 8.72. The van der Waals surface area contributed by atoms with Crippen LogP contribution in [-0.4, -0.2) is 17.8 Å². The second-order valence-electron chi connectivity index (χ2n) is 4.78. The zero-order valence-corrected chi connectivity index (χ0v) is 12.4. The van der Waals surface area contributed by atoms with E-state index in [1.807, 2.05) is 54.6 Å². The minimum absolute atomic E-state index is 0.215. The van der Waals surface area contributed by atoms with Gasteiger partial charge in [-0.1, -0.05) is 42.3 Å². The minimum atomic E-state index is 0.215. The molecule has 1 N–H and O–H groups in total. The highest BCUT2D eigenvalue weighted by Crippen LogP contribution is 2.26. The Bertz CT molecular complexity index is 867. The Balaban J connectivity index is 1.94. The summed E-state index contributed by atoms with van der Waals surface area (Å²) in [5, 5.41) is 6.42. The summed E-state index contributed by atoms with van der Waals surface area (Å²) < 4.78 is 5.63. The standard InChI is InChI=1S/C19H15N3O/c1-2-13-23-18-11-10-15-7-3-4-8-16(15)17(18)14-21-22-19-9-5-6-12-20-19/h1,3-12,14H,13H2,(H,20,22)/b21-14-. The van der Waals surface area contributed by atoms with Gasteiger partial charge in [-0.25, -0.2) is 4.98 Å². The summed E-state index contributed by atoms with van der Waals surface area (Å²) in [6, 6.07) is 17.6. The largest absolute Gasteiger partial charge is 0.480 e. The molecule has 4 nitrogen and oxygen atoms in total. The van der Waals surface area contributed by atoms with Crippen molar-refractivity contribution in [2.45, 2.75) is 0 Å². The van der Waals surface area contributed by atoms with Crippen LogP contribution in [0, 0.1) is 12.3 Å². The molecule has 0 atom stereocenters. The molecule has 2 aromatic carbocycles. The smallest absolute Gasteiger partial charge is 0.148 e. The van der Waals surface area contributed by atoms with Crippen LogP contribution in [0.25, 0.3) is 10.8 Å². The highest BCUT2D eigenvalue weighted by molar-refractivity contribution is 6.02. The van der Waals surface area contributed by atoms with Crippen molar-refractivity contribution in [3.63, 3.8) is 0 Å². The molecule has 1 heterocycles. The van der Waals surface area contributed by atoms with E-state index in [9.17, 15) is 0 Å². The first kappa shape index (κ1) is 14.6. The van der Waals surface area contributed by atoms with Crippen molar-refractivity contribution in [2.75, 3.05) is 12.0 Å². The maximum absolute atomic E-state index is 5.63. The fourth-order valence-electron chi connectivity index (χ4n) is 2.25. The zero-order chi connectivity index (χ0) is 15.9. The van der Waals surface area contributed by atoms with Crippen LogP contribution in [-0.2, 0) is 0 Å². The number of hydrogen-bond donors (Lipinski definition) is 1. The van der Waals surface area contributed by atoms with Crippen LogP contribution in [0.15, 0.2) is 65.9 Å². The number of hydrazone groups is 1. The predicted octanol–water partition coefficient (Wildman–Crippen LogP) is 3.69. The predicted molar refractivity (Wildman–Crippen MR) is 93.7 cm³/mol. The molecule has 0 aliphatic heterocycles. The summed E-state index contributed by atoms with van der Waals surface area (Å²) in [4.78, 5) is 4.16. The van der Waals surface area contributed by atoms with Gasteiger partial charge in [0, 0.05) is 11.8 Å². The van der Waals surface area contributed by atoms with Crippen LogP contribution in [0.4, 0.5) is 5.82 Å². The topological polar surface area (TPSA) is 46.5 Å². The molecule has 0 spiro atoms. The maximum atomic E-state index is 5.63. The van der Waals surface area contributed by atoms with E-state index < -0.39 is 0 Å². The van der Waals surface area contributed by atoms with Gasteiger partial charge in [0.1, 0.15) is 18.2 Å². The summed E-state index contributed by atoms with van der Waals surface area (Å²) in [5.41, 5.74) is 3.78. The van der Waals surface area contributed by atoms with Gasteiger partial charge in [-0.05, 0) is 29.0 Å². The third-order valence-electron chi connectivity index (χ3n) is 3.28. The van der Waals surface area contributed by atoms with Crippen LogP contribution in [0.3, 0.4) is 0 Å². The molecule has 0 saturated carbocycles. The van der Waals surface area contributed by atoms with Crippen LogP contribution in [0.2, 0.25) is 0 Å². The number of terminal acetylenes is 1. The fraction of sp³-hybridized carbons (Fsp3) is 0.0526. The van der Waals surface area contributed by atoms with Gasteiger partial charge in [0.15, 0.2) is 0 Å². The summed E-state index contributed by atoms with van der Waals surface area (Å²) in [5.74, 6) is 3.86. The van der Waals surface area contributed by atoms with E-state index in [1.54, 1.807) is 12.4 Å². The van der Waals surface area contributed by atoms with Gasteiger partial charge in [-0.15, -0.1) is 6.42 Å². The number of ether oxygens (including phenoxy) is 1. The third kappa shape index (κ3) is 3.47.